The van der Waals surface area contributed by atoms with Gasteiger partial charge in [-0.05, 0) is 0 Å². The Hall–Kier alpha value is -1.49. The van der Waals surface area contributed by atoms with Crippen LogP contribution in [-0.4, -0.2) is 86.0 Å². The van der Waals surface area contributed by atoms with E-state index in [2.05, 4.69) is 4.99 Å². The summed E-state index contributed by atoms with van der Waals surface area (Å²) in [6.45, 7) is -0.760. The smallest absolute Gasteiger partial charge is 0.191 e. The standard InChI is InChI=1S/C6H12O6.C5H5NO2/c7-1-3(9)5(11)6(12)4(10)2-8;7-4-1-2-6-3-5(4)8/h1,3-6,8-12H,2H2;1-3,5,8H/t3-,4+,5+,6+;/m0./s1. The van der Waals surface area contributed by atoms with Crippen LogP contribution in [0.1, 0.15) is 0 Å². The topological polar surface area (TPSA) is 168 Å². The summed E-state index contributed by atoms with van der Waals surface area (Å²) in [4.78, 5) is 23.8. The second kappa shape index (κ2) is 9.42. The molecule has 1 unspecified atom stereocenters. The van der Waals surface area contributed by atoms with Gasteiger partial charge in [0.05, 0.1) is 6.61 Å². The van der Waals surface area contributed by atoms with Crippen molar-refractivity contribution in [1.29, 1.82) is 0 Å². The first-order valence-electron chi connectivity index (χ1n) is 5.55. The molecule has 0 fully saturated rings. The van der Waals surface area contributed by atoms with Gasteiger partial charge < -0.3 is 35.4 Å². The van der Waals surface area contributed by atoms with Crippen molar-refractivity contribution in [2.75, 3.05) is 6.61 Å². The summed E-state index contributed by atoms with van der Waals surface area (Å²) >= 11 is 0. The maximum Gasteiger partial charge on any atom is 0.191 e. The van der Waals surface area contributed by atoms with Crippen LogP contribution in [0.3, 0.4) is 0 Å². The number of hydrogen-bond donors (Lipinski definition) is 6. The Bertz CT molecular complexity index is 369. The zero-order valence-electron chi connectivity index (χ0n) is 10.4. The molecule has 0 saturated carbocycles. The molecular formula is C11H17NO8. The van der Waals surface area contributed by atoms with Crippen LogP contribution in [0.2, 0.25) is 0 Å². The zero-order chi connectivity index (χ0) is 15.7. The lowest BCUT2D eigenvalue weighted by molar-refractivity contribution is -0.136. The molecule has 114 valence electrons. The Morgan fingerprint density at radius 1 is 1.25 bits per heavy atom. The molecule has 0 aromatic heterocycles. The van der Waals surface area contributed by atoms with Gasteiger partial charge in [0.25, 0.3) is 0 Å². The van der Waals surface area contributed by atoms with Crippen LogP contribution in [0.25, 0.3) is 0 Å². The molecular weight excluding hydrogens is 274 g/mol. The summed E-state index contributed by atoms with van der Waals surface area (Å²) in [5.74, 6) is -0.306. The van der Waals surface area contributed by atoms with Crippen LogP contribution >= 0.6 is 0 Å². The van der Waals surface area contributed by atoms with E-state index in [9.17, 15) is 9.59 Å². The molecule has 5 atom stereocenters. The number of carbonyl (C=O) groups is 2. The van der Waals surface area contributed by atoms with Crippen LogP contribution < -0.4 is 0 Å². The number of aliphatic imine (C=N–C) groups is 1. The molecule has 0 amide bonds. The molecule has 0 aliphatic carbocycles. The van der Waals surface area contributed by atoms with Crippen LogP contribution in [0.5, 0.6) is 0 Å². The van der Waals surface area contributed by atoms with Gasteiger partial charge in [0.1, 0.15) is 24.4 Å². The van der Waals surface area contributed by atoms with Gasteiger partial charge >= 0.3 is 0 Å². The first-order chi connectivity index (χ1) is 9.34. The number of rotatable bonds is 5. The lowest BCUT2D eigenvalue weighted by atomic mass is 10.0. The molecule has 0 radical (unpaired) electrons. The third-order valence-corrected chi connectivity index (χ3v) is 2.26. The lowest BCUT2D eigenvalue weighted by Gasteiger charge is -2.22. The first-order valence-corrected chi connectivity index (χ1v) is 5.55. The maximum atomic E-state index is 10.4. The molecule has 9 nitrogen and oxygen atoms in total. The van der Waals surface area contributed by atoms with Gasteiger partial charge in [-0.25, -0.2) is 0 Å². The van der Waals surface area contributed by atoms with Crippen molar-refractivity contribution in [2.45, 2.75) is 30.5 Å². The van der Waals surface area contributed by atoms with Gasteiger partial charge in [0, 0.05) is 18.5 Å². The van der Waals surface area contributed by atoms with E-state index in [1.54, 1.807) is 0 Å². The second-order valence-electron chi connectivity index (χ2n) is 3.82. The fraction of sp³-hybridized carbons (Fsp3) is 0.545. The molecule has 0 aromatic carbocycles. The Kier molecular flexibility index (Phi) is 8.72. The number of aldehydes is 1. The van der Waals surface area contributed by atoms with E-state index >= 15 is 0 Å². The molecule has 0 spiro atoms. The summed E-state index contributed by atoms with van der Waals surface area (Å²) in [7, 11) is 0. The van der Waals surface area contributed by atoms with Crippen LogP contribution in [0.4, 0.5) is 0 Å². The van der Waals surface area contributed by atoms with Crippen molar-refractivity contribution in [2.24, 2.45) is 4.99 Å². The number of aliphatic hydroxyl groups is 6. The minimum atomic E-state index is -1.79. The van der Waals surface area contributed by atoms with Crippen molar-refractivity contribution in [1.82, 2.24) is 0 Å². The highest BCUT2D eigenvalue weighted by molar-refractivity contribution is 6.05. The number of ketones is 1. The molecule has 0 aromatic rings. The molecule has 6 N–H and O–H groups in total. The predicted molar refractivity (Wildman–Crippen MR) is 65.8 cm³/mol. The molecule has 20 heavy (non-hydrogen) atoms. The molecule has 1 rings (SSSR count). The molecule has 1 heterocycles. The van der Waals surface area contributed by atoms with Crippen molar-refractivity contribution >= 4 is 18.3 Å². The molecule has 0 bridgehead atoms. The van der Waals surface area contributed by atoms with E-state index in [0.717, 1.165) is 0 Å². The Labute approximate surface area is 114 Å². The van der Waals surface area contributed by atoms with Gasteiger partial charge in [-0.15, -0.1) is 0 Å². The number of nitrogens with zero attached hydrogens (tertiary/aromatic N) is 1. The van der Waals surface area contributed by atoms with Gasteiger partial charge in [0.15, 0.2) is 18.2 Å². The normalized spacial score (nSPS) is 23.3. The fourth-order valence-corrected chi connectivity index (χ4v) is 1.04. The average molecular weight is 291 g/mol. The first kappa shape index (κ1) is 18.5. The SMILES string of the molecule is O=C1C=CN=CC1O.O=C[C@H](O)[C@@H](O)[C@H](O)[C@H](O)CO. The maximum absolute atomic E-state index is 10.4. The monoisotopic (exact) mass is 291 g/mol. The van der Waals surface area contributed by atoms with E-state index in [1.165, 1.54) is 18.5 Å². The molecule has 1 aliphatic heterocycles. The van der Waals surface area contributed by atoms with Gasteiger partial charge in [-0.1, -0.05) is 0 Å². The van der Waals surface area contributed by atoms with E-state index in [0.29, 0.717) is 0 Å². The van der Waals surface area contributed by atoms with Crippen molar-refractivity contribution in [3.05, 3.63) is 12.3 Å². The highest BCUT2D eigenvalue weighted by Crippen LogP contribution is 2.02. The predicted octanol–water partition coefficient (Wildman–Crippen LogP) is -3.86. The molecule has 9 heteroatoms. The minimum Gasteiger partial charge on any atom is -0.394 e. The van der Waals surface area contributed by atoms with Crippen LogP contribution in [0.15, 0.2) is 17.3 Å². The Balaban J connectivity index is 0.000000388. The quantitative estimate of drug-likeness (QED) is 0.280. The number of carbonyl (C=O) groups excluding carboxylic acids is 2. The average Bonchev–Trinajstić information content (AvgIpc) is 2.47. The summed E-state index contributed by atoms with van der Waals surface area (Å²) in [6.07, 6.45) is -4.06. The summed E-state index contributed by atoms with van der Waals surface area (Å²) in [6, 6.07) is 0. The van der Waals surface area contributed by atoms with E-state index in [1.807, 2.05) is 0 Å². The third-order valence-electron chi connectivity index (χ3n) is 2.26. The van der Waals surface area contributed by atoms with E-state index < -0.39 is 37.1 Å². The molecule has 0 saturated heterocycles. The minimum absolute atomic E-state index is 0.0258. The largest absolute Gasteiger partial charge is 0.394 e. The number of hydrogen-bond acceptors (Lipinski definition) is 9. The molecule has 1 aliphatic rings. The lowest BCUT2D eigenvalue weighted by Crippen LogP contribution is -2.46. The van der Waals surface area contributed by atoms with Crippen molar-refractivity contribution in [3.63, 3.8) is 0 Å². The Morgan fingerprint density at radius 3 is 2.20 bits per heavy atom. The van der Waals surface area contributed by atoms with Crippen LogP contribution in [-0.2, 0) is 9.59 Å². The summed E-state index contributed by atoms with van der Waals surface area (Å²) in [5.41, 5.74) is 0. The zero-order valence-corrected chi connectivity index (χ0v) is 10.4. The van der Waals surface area contributed by atoms with E-state index in [4.69, 9.17) is 30.6 Å². The summed E-state index contributed by atoms with van der Waals surface area (Å²) in [5, 5.41) is 52.2. The Morgan fingerprint density at radius 2 is 1.85 bits per heavy atom. The van der Waals surface area contributed by atoms with Gasteiger partial charge in [0.2, 0.25) is 0 Å². The second-order valence-corrected chi connectivity index (χ2v) is 3.82. The fourth-order valence-electron chi connectivity index (χ4n) is 1.04. The number of aliphatic hydroxyl groups excluding tert-OH is 6. The van der Waals surface area contributed by atoms with E-state index in [-0.39, 0.29) is 12.1 Å². The van der Waals surface area contributed by atoms with Crippen LogP contribution in [0, 0.1) is 0 Å². The third kappa shape index (κ3) is 6.10. The summed E-state index contributed by atoms with van der Waals surface area (Å²) < 4.78 is 0. The van der Waals surface area contributed by atoms with Gasteiger partial charge in [-0.3, -0.25) is 9.79 Å². The van der Waals surface area contributed by atoms with Crippen molar-refractivity contribution < 1.29 is 40.2 Å². The van der Waals surface area contributed by atoms with Crippen molar-refractivity contribution in [3.8, 4) is 0 Å². The highest BCUT2D eigenvalue weighted by atomic mass is 16.4. The van der Waals surface area contributed by atoms with Gasteiger partial charge in [-0.2, -0.15) is 0 Å². The highest BCUT2D eigenvalue weighted by Gasteiger charge is 2.29.